The number of hydrogen-bond acceptors (Lipinski definition) is 4. The van der Waals surface area contributed by atoms with E-state index in [1.54, 1.807) is 0 Å². The predicted molar refractivity (Wildman–Crippen MR) is 58.6 cm³/mol. The molecule has 1 aromatic carbocycles. The van der Waals surface area contributed by atoms with E-state index in [-0.39, 0.29) is 17.2 Å². The number of carbonyl (C=O) groups is 1. The quantitative estimate of drug-likeness (QED) is 0.874. The van der Waals surface area contributed by atoms with Crippen molar-refractivity contribution in [1.29, 1.82) is 0 Å². The van der Waals surface area contributed by atoms with Crippen molar-refractivity contribution in [3.8, 4) is 0 Å². The summed E-state index contributed by atoms with van der Waals surface area (Å²) in [6.45, 7) is 0. The second kappa shape index (κ2) is 4.74. The van der Waals surface area contributed by atoms with Crippen LogP contribution in [0.4, 0.5) is 20.4 Å². The van der Waals surface area contributed by atoms with Crippen LogP contribution in [0, 0.1) is 11.6 Å². The minimum Gasteiger partial charge on any atom is -0.478 e. The van der Waals surface area contributed by atoms with Gasteiger partial charge in [0.15, 0.2) is 5.82 Å². The van der Waals surface area contributed by atoms with Crippen LogP contribution in [0.5, 0.6) is 0 Å². The first-order chi connectivity index (χ1) is 8.56. The zero-order valence-electron chi connectivity index (χ0n) is 8.89. The molecule has 0 unspecified atom stereocenters. The molecule has 0 atom stereocenters. The Morgan fingerprint density at radius 1 is 1.17 bits per heavy atom. The normalized spacial score (nSPS) is 10.1. The molecule has 18 heavy (non-hydrogen) atoms. The van der Waals surface area contributed by atoms with Crippen molar-refractivity contribution in [3.63, 3.8) is 0 Å². The third-order valence-electron chi connectivity index (χ3n) is 2.08. The number of benzene rings is 1. The van der Waals surface area contributed by atoms with E-state index in [1.165, 1.54) is 0 Å². The van der Waals surface area contributed by atoms with Crippen molar-refractivity contribution in [3.05, 3.63) is 47.8 Å². The molecule has 7 heteroatoms. The Morgan fingerprint density at radius 2 is 1.83 bits per heavy atom. The van der Waals surface area contributed by atoms with Crippen LogP contribution in [0.1, 0.15) is 10.4 Å². The number of hydrogen-bond donors (Lipinski definition) is 2. The first-order valence-corrected chi connectivity index (χ1v) is 4.83. The maximum Gasteiger partial charge on any atom is 0.337 e. The van der Waals surface area contributed by atoms with E-state index in [0.29, 0.717) is 0 Å². The van der Waals surface area contributed by atoms with Gasteiger partial charge in [0.05, 0.1) is 23.6 Å². The minimum absolute atomic E-state index is 0.00546. The van der Waals surface area contributed by atoms with Crippen molar-refractivity contribution in [2.45, 2.75) is 0 Å². The Hall–Kier alpha value is -2.57. The third-order valence-corrected chi connectivity index (χ3v) is 2.08. The van der Waals surface area contributed by atoms with Crippen LogP contribution in [0.2, 0.25) is 0 Å². The van der Waals surface area contributed by atoms with E-state index in [2.05, 4.69) is 15.3 Å². The Bertz CT molecular complexity index is 587. The van der Waals surface area contributed by atoms with Gasteiger partial charge in [-0.2, -0.15) is 0 Å². The molecule has 0 aliphatic carbocycles. The molecule has 0 bridgehead atoms. The van der Waals surface area contributed by atoms with Gasteiger partial charge in [-0.05, 0) is 18.2 Å². The SMILES string of the molecule is O=C(O)c1ccc(F)cc1Nc1ncc(F)cn1. The van der Waals surface area contributed by atoms with Crippen molar-refractivity contribution >= 4 is 17.6 Å². The zero-order valence-corrected chi connectivity index (χ0v) is 8.89. The van der Waals surface area contributed by atoms with Gasteiger partial charge in [-0.3, -0.25) is 0 Å². The first kappa shape index (κ1) is 11.9. The summed E-state index contributed by atoms with van der Waals surface area (Å²) in [5.74, 6) is -2.48. The summed E-state index contributed by atoms with van der Waals surface area (Å²) in [5, 5.41) is 11.4. The molecule has 2 aromatic rings. The molecular weight excluding hydrogens is 244 g/mol. The molecule has 0 spiro atoms. The highest BCUT2D eigenvalue weighted by Gasteiger charge is 2.12. The molecule has 0 aliphatic rings. The van der Waals surface area contributed by atoms with Crippen molar-refractivity contribution in [1.82, 2.24) is 9.97 Å². The van der Waals surface area contributed by atoms with Gasteiger partial charge in [0.1, 0.15) is 5.82 Å². The Balaban J connectivity index is 2.35. The smallest absolute Gasteiger partial charge is 0.337 e. The maximum atomic E-state index is 13.0. The topological polar surface area (TPSA) is 75.1 Å². The number of nitrogens with zero attached hydrogens (tertiary/aromatic N) is 2. The monoisotopic (exact) mass is 251 g/mol. The van der Waals surface area contributed by atoms with Gasteiger partial charge in [0, 0.05) is 0 Å². The molecule has 1 aromatic heterocycles. The van der Waals surface area contributed by atoms with Gasteiger partial charge in [0.2, 0.25) is 5.95 Å². The predicted octanol–water partition coefficient (Wildman–Crippen LogP) is 2.20. The lowest BCUT2D eigenvalue weighted by Crippen LogP contribution is -2.05. The molecule has 0 amide bonds. The summed E-state index contributed by atoms with van der Waals surface area (Å²) in [4.78, 5) is 18.1. The molecule has 2 rings (SSSR count). The molecular formula is C11H7F2N3O2. The Labute approximate surface area is 100 Å². The van der Waals surface area contributed by atoms with E-state index >= 15 is 0 Å². The van der Waals surface area contributed by atoms with Crippen LogP contribution >= 0.6 is 0 Å². The van der Waals surface area contributed by atoms with Crippen LogP contribution < -0.4 is 5.32 Å². The molecule has 5 nitrogen and oxygen atoms in total. The summed E-state index contributed by atoms with van der Waals surface area (Å²) >= 11 is 0. The van der Waals surface area contributed by atoms with Crippen LogP contribution in [0.15, 0.2) is 30.6 Å². The van der Waals surface area contributed by atoms with Crippen LogP contribution in [-0.4, -0.2) is 21.0 Å². The van der Waals surface area contributed by atoms with Gasteiger partial charge in [-0.25, -0.2) is 23.5 Å². The average Bonchev–Trinajstić information content (AvgIpc) is 2.32. The highest BCUT2D eigenvalue weighted by atomic mass is 19.1. The molecule has 0 saturated carbocycles. The molecule has 2 N–H and O–H groups in total. The van der Waals surface area contributed by atoms with E-state index < -0.39 is 17.6 Å². The number of carboxylic acids is 1. The third kappa shape index (κ3) is 2.57. The standard InChI is InChI=1S/C11H7F2N3O2/c12-6-1-2-8(10(17)18)9(3-6)16-11-14-4-7(13)5-15-11/h1-5H,(H,17,18)(H,14,15,16). The molecule has 0 radical (unpaired) electrons. The van der Waals surface area contributed by atoms with E-state index in [0.717, 1.165) is 30.6 Å². The number of rotatable bonds is 3. The van der Waals surface area contributed by atoms with E-state index in [1.807, 2.05) is 0 Å². The van der Waals surface area contributed by atoms with E-state index in [4.69, 9.17) is 5.11 Å². The zero-order chi connectivity index (χ0) is 13.1. The number of anilines is 2. The summed E-state index contributed by atoms with van der Waals surface area (Å²) in [6, 6.07) is 3.14. The van der Waals surface area contributed by atoms with Gasteiger partial charge < -0.3 is 10.4 Å². The fourth-order valence-corrected chi connectivity index (χ4v) is 1.30. The molecule has 0 saturated heterocycles. The highest BCUT2D eigenvalue weighted by molar-refractivity contribution is 5.94. The summed E-state index contributed by atoms with van der Waals surface area (Å²) < 4.78 is 25.6. The van der Waals surface area contributed by atoms with Crippen molar-refractivity contribution in [2.75, 3.05) is 5.32 Å². The Morgan fingerprint density at radius 3 is 2.44 bits per heavy atom. The van der Waals surface area contributed by atoms with E-state index in [9.17, 15) is 13.6 Å². The fraction of sp³-hybridized carbons (Fsp3) is 0. The van der Waals surface area contributed by atoms with Gasteiger partial charge >= 0.3 is 5.97 Å². The van der Waals surface area contributed by atoms with Crippen molar-refractivity contribution in [2.24, 2.45) is 0 Å². The molecule has 0 fully saturated rings. The number of aromatic nitrogens is 2. The molecule has 1 heterocycles. The Kier molecular flexibility index (Phi) is 3.13. The molecule has 92 valence electrons. The largest absolute Gasteiger partial charge is 0.478 e. The van der Waals surface area contributed by atoms with Crippen LogP contribution in [-0.2, 0) is 0 Å². The average molecular weight is 251 g/mol. The maximum absolute atomic E-state index is 13.0. The second-order valence-corrected chi connectivity index (χ2v) is 3.34. The van der Waals surface area contributed by atoms with Gasteiger partial charge in [-0.1, -0.05) is 0 Å². The van der Waals surface area contributed by atoms with Gasteiger partial charge in [0.25, 0.3) is 0 Å². The highest BCUT2D eigenvalue weighted by Crippen LogP contribution is 2.20. The van der Waals surface area contributed by atoms with Crippen molar-refractivity contribution < 1.29 is 18.7 Å². The summed E-state index contributed by atoms with van der Waals surface area (Å²) in [5.41, 5.74) is -0.140. The van der Waals surface area contributed by atoms with Crippen LogP contribution in [0.25, 0.3) is 0 Å². The minimum atomic E-state index is -1.22. The van der Waals surface area contributed by atoms with Crippen LogP contribution in [0.3, 0.4) is 0 Å². The van der Waals surface area contributed by atoms with Gasteiger partial charge in [-0.15, -0.1) is 0 Å². The summed E-state index contributed by atoms with van der Waals surface area (Å²) in [6.07, 6.45) is 1.82. The summed E-state index contributed by atoms with van der Waals surface area (Å²) in [7, 11) is 0. The number of aromatic carboxylic acids is 1. The number of carboxylic acid groups (broad SMARTS) is 1. The number of halogens is 2. The fourth-order valence-electron chi connectivity index (χ4n) is 1.30. The lowest BCUT2D eigenvalue weighted by molar-refractivity contribution is 0.0698. The number of nitrogens with one attached hydrogen (secondary N) is 1. The first-order valence-electron chi connectivity index (χ1n) is 4.83. The molecule has 0 aliphatic heterocycles. The lowest BCUT2D eigenvalue weighted by atomic mass is 10.2. The lowest BCUT2D eigenvalue weighted by Gasteiger charge is -2.07. The second-order valence-electron chi connectivity index (χ2n) is 3.34.